The SMILES string of the molecule is CCOC(=O)N1CCCN(C(=O)CN2C(=O)N[C@]3(C[C@H](C)CC(C)(C)C3)C2=O)CC1. The number of amides is 5. The summed E-state index contributed by atoms with van der Waals surface area (Å²) in [6.07, 6.45) is 2.43. The van der Waals surface area contributed by atoms with Crippen molar-refractivity contribution in [3.05, 3.63) is 0 Å². The Morgan fingerprint density at radius 2 is 1.77 bits per heavy atom. The van der Waals surface area contributed by atoms with E-state index in [-0.39, 0.29) is 29.9 Å². The van der Waals surface area contributed by atoms with Gasteiger partial charge in [0.05, 0.1) is 6.61 Å². The minimum atomic E-state index is -0.905. The Hall–Kier alpha value is -2.32. The second-order valence-electron chi connectivity index (χ2n) is 9.68. The summed E-state index contributed by atoms with van der Waals surface area (Å²) in [5, 5.41) is 2.91. The highest BCUT2D eigenvalue weighted by Gasteiger charge is 2.56. The first-order valence-corrected chi connectivity index (χ1v) is 10.9. The second kappa shape index (κ2) is 8.43. The van der Waals surface area contributed by atoms with Gasteiger partial charge in [-0.05, 0) is 43.9 Å². The molecule has 2 atom stereocenters. The number of hydrogen-bond acceptors (Lipinski definition) is 5. The van der Waals surface area contributed by atoms with Crippen molar-refractivity contribution in [1.82, 2.24) is 20.0 Å². The zero-order chi connectivity index (χ0) is 22.1. The lowest BCUT2D eigenvalue weighted by atomic mass is 9.64. The van der Waals surface area contributed by atoms with Crippen LogP contribution in [0.4, 0.5) is 9.59 Å². The molecule has 1 saturated carbocycles. The largest absolute Gasteiger partial charge is 0.450 e. The molecule has 9 nitrogen and oxygen atoms in total. The predicted molar refractivity (Wildman–Crippen MR) is 110 cm³/mol. The Balaban J connectivity index is 1.63. The first kappa shape index (κ1) is 22.4. The molecular formula is C21H34N4O5. The summed E-state index contributed by atoms with van der Waals surface area (Å²) < 4.78 is 5.04. The van der Waals surface area contributed by atoms with Crippen LogP contribution in [-0.2, 0) is 14.3 Å². The van der Waals surface area contributed by atoms with E-state index in [9.17, 15) is 19.2 Å². The van der Waals surface area contributed by atoms with E-state index in [1.807, 2.05) is 0 Å². The molecule has 0 aromatic carbocycles. The molecule has 9 heteroatoms. The molecule has 0 aromatic rings. The molecule has 3 rings (SSSR count). The van der Waals surface area contributed by atoms with Gasteiger partial charge in [0.15, 0.2) is 0 Å². The highest BCUT2D eigenvalue weighted by atomic mass is 16.6. The molecule has 0 unspecified atom stereocenters. The lowest BCUT2D eigenvalue weighted by Gasteiger charge is -2.43. The summed E-state index contributed by atoms with van der Waals surface area (Å²) in [6, 6.07) is -0.485. The van der Waals surface area contributed by atoms with Crippen LogP contribution in [0.15, 0.2) is 0 Å². The number of urea groups is 1. The standard InChI is InChI=1S/C21H34N4O5/c1-5-30-19(29)24-8-6-7-23(9-10-24)16(26)13-25-17(27)21(22-18(25)28)12-15(2)11-20(3,4)14-21/h15H,5-14H2,1-4H3,(H,22,28)/t15-,21+/m1/s1. The van der Waals surface area contributed by atoms with Crippen LogP contribution in [0, 0.1) is 11.3 Å². The van der Waals surface area contributed by atoms with Crippen LogP contribution >= 0.6 is 0 Å². The number of nitrogens with one attached hydrogen (secondary N) is 1. The van der Waals surface area contributed by atoms with Crippen molar-refractivity contribution in [3.63, 3.8) is 0 Å². The maximum atomic E-state index is 13.2. The van der Waals surface area contributed by atoms with Gasteiger partial charge in [-0.1, -0.05) is 20.8 Å². The van der Waals surface area contributed by atoms with Gasteiger partial charge in [-0.15, -0.1) is 0 Å². The first-order valence-electron chi connectivity index (χ1n) is 10.9. The average molecular weight is 423 g/mol. The van der Waals surface area contributed by atoms with Crippen LogP contribution in [0.25, 0.3) is 0 Å². The third-order valence-corrected chi connectivity index (χ3v) is 6.29. The van der Waals surface area contributed by atoms with Gasteiger partial charge in [-0.2, -0.15) is 0 Å². The van der Waals surface area contributed by atoms with E-state index < -0.39 is 11.6 Å². The zero-order valence-corrected chi connectivity index (χ0v) is 18.5. The molecule has 168 valence electrons. The van der Waals surface area contributed by atoms with Gasteiger partial charge in [0.2, 0.25) is 5.91 Å². The van der Waals surface area contributed by atoms with Gasteiger partial charge in [-0.3, -0.25) is 14.5 Å². The lowest BCUT2D eigenvalue weighted by Crippen LogP contribution is -2.54. The van der Waals surface area contributed by atoms with Gasteiger partial charge in [0, 0.05) is 26.2 Å². The van der Waals surface area contributed by atoms with Crippen molar-refractivity contribution in [1.29, 1.82) is 0 Å². The summed E-state index contributed by atoms with van der Waals surface area (Å²) in [6.45, 7) is 9.86. The Morgan fingerprint density at radius 1 is 1.10 bits per heavy atom. The Bertz CT molecular complexity index is 724. The summed E-state index contributed by atoms with van der Waals surface area (Å²) >= 11 is 0. The van der Waals surface area contributed by atoms with Crippen molar-refractivity contribution in [2.75, 3.05) is 39.3 Å². The van der Waals surface area contributed by atoms with Gasteiger partial charge in [-0.25, -0.2) is 9.59 Å². The smallest absolute Gasteiger partial charge is 0.409 e. The van der Waals surface area contributed by atoms with Crippen LogP contribution in [0.5, 0.6) is 0 Å². The van der Waals surface area contributed by atoms with Gasteiger partial charge in [0.25, 0.3) is 5.91 Å². The highest BCUT2D eigenvalue weighted by Crippen LogP contribution is 2.46. The fourth-order valence-corrected chi connectivity index (χ4v) is 5.45. The van der Waals surface area contributed by atoms with E-state index >= 15 is 0 Å². The molecule has 1 spiro atoms. The molecule has 2 saturated heterocycles. The van der Waals surface area contributed by atoms with Crippen LogP contribution in [0.1, 0.15) is 53.4 Å². The fraction of sp³-hybridized carbons (Fsp3) is 0.810. The number of nitrogens with zero attached hydrogens (tertiary/aromatic N) is 3. The molecule has 0 aromatic heterocycles. The van der Waals surface area contributed by atoms with E-state index in [2.05, 4.69) is 26.1 Å². The molecule has 1 aliphatic carbocycles. The van der Waals surface area contributed by atoms with Crippen LogP contribution in [-0.4, -0.2) is 83.5 Å². The number of carbonyl (C=O) groups excluding carboxylic acids is 4. The van der Waals surface area contributed by atoms with E-state index in [0.29, 0.717) is 58.0 Å². The first-order chi connectivity index (χ1) is 14.1. The zero-order valence-electron chi connectivity index (χ0n) is 18.5. The molecule has 3 fully saturated rings. The lowest BCUT2D eigenvalue weighted by molar-refractivity contribution is -0.140. The number of hydrogen-bond donors (Lipinski definition) is 1. The quantitative estimate of drug-likeness (QED) is 0.700. The minimum absolute atomic E-state index is 0.0536. The number of ether oxygens (including phenoxy) is 1. The van der Waals surface area contributed by atoms with E-state index in [1.165, 1.54) is 0 Å². The molecule has 30 heavy (non-hydrogen) atoms. The monoisotopic (exact) mass is 422 g/mol. The van der Waals surface area contributed by atoms with Gasteiger partial charge >= 0.3 is 12.1 Å². The topological polar surface area (TPSA) is 99.3 Å². The fourth-order valence-electron chi connectivity index (χ4n) is 5.45. The summed E-state index contributed by atoms with van der Waals surface area (Å²) in [7, 11) is 0. The number of carbonyl (C=O) groups is 4. The molecule has 5 amide bonds. The molecule has 0 bridgehead atoms. The molecular weight excluding hydrogens is 388 g/mol. The maximum absolute atomic E-state index is 13.2. The van der Waals surface area contributed by atoms with Crippen molar-refractivity contribution < 1.29 is 23.9 Å². The highest BCUT2D eigenvalue weighted by molar-refractivity contribution is 6.09. The van der Waals surface area contributed by atoms with E-state index in [1.54, 1.807) is 16.7 Å². The Labute approximate surface area is 178 Å². The van der Waals surface area contributed by atoms with Crippen molar-refractivity contribution in [3.8, 4) is 0 Å². The van der Waals surface area contributed by atoms with Crippen LogP contribution < -0.4 is 5.32 Å². The van der Waals surface area contributed by atoms with Crippen molar-refractivity contribution in [2.24, 2.45) is 11.3 Å². The molecule has 2 heterocycles. The second-order valence-corrected chi connectivity index (χ2v) is 9.68. The van der Waals surface area contributed by atoms with E-state index in [4.69, 9.17) is 4.74 Å². The Morgan fingerprint density at radius 3 is 2.43 bits per heavy atom. The molecule has 0 radical (unpaired) electrons. The molecule has 3 aliphatic rings. The minimum Gasteiger partial charge on any atom is -0.450 e. The predicted octanol–water partition coefficient (Wildman–Crippen LogP) is 1.81. The molecule has 2 aliphatic heterocycles. The average Bonchev–Trinajstić information content (AvgIpc) is 2.83. The van der Waals surface area contributed by atoms with Crippen molar-refractivity contribution >= 4 is 23.9 Å². The number of rotatable bonds is 3. The van der Waals surface area contributed by atoms with Gasteiger partial charge < -0.3 is 19.9 Å². The summed E-state index contributed by atoms with van der Waals surface area (Å²) in [5.41, 5.74) is -0.958. The third-order valence-electron chi connectivity index (χ3n) is 6.29. The van der Waals surface area contributed by atoms with E-state index in [0.717, 1.165) is 11.3 Å². The summed E-state index contributed by atoms with van der Waals surface area (Å²) in [5.74, 6) is -0.249. The van der Waals surface area contributed by atoms with Gasteiger partial charge in [0.1, 0.15) is 12.1 Å². The van der Waals surface area contributed by atoms with Crippen molar-refractivity contribution in [2.45, 2.75) is 58.9 Å². The Kier molecular flexibility index (Phi) is 6.29. The van der Waals surface area contributed by atoms with Crippen LogP contribution in [0.3, 0.4) is 0 Å². The molecule has 1 N–H and O–H groups in total. The summed E-state index contributed by atoms with van der Waals surface area (Å²) in [4.78, 5) is 55.0. The third kappa shape index (κ3) is 4.54. The maximum Gasteiger partial charge on any atom is 0.409 e. The van der Waals surface area contributed by atoms with Crippen LogP contribution in [0.2, 0.25) is 0 Å². The number of imide groups is 1. The normalized spacial score (nSPS) is 29.1.